The Labute approximate surface area is 110 Å². The number of carbonyl (C=O) groups excluding carboxylic acids is 1. The largest absolute Gasteiger partial charge is 0.299 e. The van der Waals surface area contributed by atoms with Crippen molar-refractivity contribution in [3.8, 4) is 0 Å². The van der Waals surface area contributed by atoms with Crippen LogP contribution in [0.2, 0.25) is 0 Å². The fourth-order valence-corrected chi connectivity index (χ4v) is 4.94. The molecule has 100 valence electrons. The molecule has 5 fully saturated rings. The van der Waals surface area contributed by atoms with Gasteiger partial charge in [0.15, 0.2) is 5.78 Å². The molecule has 5 rings (SSSR count). The summed E-state index contributed by atoms with van der Waals surface area (Å²) < 4.78 is 0. The first-order valence-electron chi connectivity index (χ1n) is 7.79. The summed E-state index contributed by atoms with van der Waals surface area (Å²) >= 11 is 0. The van der Waals surface area contributed by atoms with Crippen LogP contribution in [-0.4, -0.2) is 54.3 Å². The first-order valence-corrected chi connectivity index (χ1v) is 7.79. The number of hydrogen-bond donors (Lipinski definition) is 0. The van der Waals surface area contributed by atoms with Gasteiger partial charge in [-0.15, -0.1) is 0 Å². The summed E-state index contributed by atoms with van der Waals surface area (Å²) in [6, 6.07) is 0.242. The summed E-state index contributed by atoms with van der Waals surface area (Å²) in [5.41, 5.74) is 0. The van der Waals surface area contributed by atoms with E-state index in [0.29, 0.717) is 5.78 Å². The molecule has 0 aromatic carbocycles. The Morgan fingerprint density at radius 2 is 1.89 bits per heavy atom. The molecule has 5 aliphatic rings. The highest BCUT2D eigenvalue weighted by atomic mass is 16.1. The lowest BCUT2D eigenvalue weighted by Crippen LogP contribution is -2.63. The van der Waals surface area contributed by atoms with Crippen molar-refractivity contribution in [2.45, 2.75) is 38.1 Å². The molecule has 4 unspecified atom stereocenters. The summed E-state index contributed by atoms with van der Waals surface area (Å²) in [6.07, 6.45) is 6.52. The van der Waals surface area contributed by atoms with Crippen LogP contribution < -0.4 is 0 Å². The fraction of sp³-hybridized carbons (Fsp3) is 0.933. The van der Waals surface area contributed by atoms with Crippen LogP contribution in [0, 0.1) is 17.8 Å². The molecule has 0 amide bonds. The van der Waals surface area contributed by atoms with E-state index in [0.717, 1.165) is 43.8 Å². The minimum Gasteiger partial charge on any atom is -0.299 e. The lowest BCUT2D eigenvalue weighted by Gasteiger charge is -2.47. The molecule has 0 aromatic heterocycles. The molecule has 0 aromatic rings. The molecule has 0 radical (unpaired) electrons. The van der Waals surface area contributed by atoms with Crippen molar-refractivity contribution < 1.29 is 4.79 Å². The third kappa shape index (κ3) is 1.83. The second kappa shape index (κ2) is 4.31. The van der Waals surface area contributed by atoms with Crippen LogP contribution in [0.25, 0.3) is 0 Å². The Bertz CT molecular complexity index is 348. The number of hydrogen-bond acceptors (Lipinski definition) is 3. The molecule has 4 atom stereocenters. The standard InChI is InChI=1S/C15H24N2O/c18-15(9-13-8-11-1-2-12(13)7-11)14-10-16-3-5-17(14)6-4-16/h11-14H,1-10H2. The predicted octanol–water partition coefficient (Wildman–Crippen LogP) is 1.38. The summed E-state index contributed by atoms with van der Waals surface area (Å²) in [6.45, 7) is 5.61. The number of carbonyl (C=O) groups is 1. The van der Waals surface area contributed by atoms with Gasteiger partial charge < -0.3 is 0 Å². The maximum atomic E-state index is 12.6. The highest BCUT2D eigenvalue weighted by molar-refractivity contribution is 5.84. The normalized spacial score (nSPS) is 49.8. The molecule has 0 N–H and O–H groups in total. The Morgan fingerprint density at radius 3 is 2.44 bits per heavy atom. The molecular weight excluding hydrogens is 224 g/mol. The number of piperazine rings is 3. The molecule has 3 aliphatic heterocycles. The van der Waals surface area contributed by atoms with E-state index < -0.39 is 0 Å². The summed E-state index contributed by atoms with van der Waals surface area (Å²) in [5, 5.41) is 0. The third-order valence-corrected chi connectivity index (χ3v) is 6.00. The summed E-state index contributed by atoms with van der Waals surface area (Å²) in [4.78, 5) is 17.5. The summed E-state index contributed by atoms with van der Waals surface area (Å²) in [5.74, 6) is 3.17. The van der Waals surface area contributed by atoms with Crippen molar-refractivity contribution in [3.63, 3.8) is 0 Å². The van der Waals surface area contributed by atoms with Gasteiger partial charge in [-0.05, 0) is 37.0 Å². The quantitative estimate of drug-likeness (QED) is 0.754. The first kappa shape index (κ1) is 11.4. The maximum Gasteiger partial charge on any atom is 0.151 e. The van der Waals surface area contributed by atoms with Crippen LogP contribution >= 0.6 is 0 Å². The zero-order valence-electron chi connectivity index (χ0n) is 11.2. The molecular formula is C15H24N2O. The minimum absolute atomic E-state index is 0.242. The second-order valence-electron chi connectivity index (χ2n) is 6.96. The molecule has 2 saturated carbocycles. The lowest BCUT2D eigenvalue weighted by molar-refractivity contribution is -0.130. The third-order valence-electron chi connectivity index (χ3n) is 6.00. The van der Waals surface area contributed by atoms with E-state index in [-0.39, 0.29) is 6.04 Å². The second-order valence-corrected chi connectivity index (χ2v) is 6.96. The van der Waals surface area contributed by atoms with Crippen molar-refractivity contribution in [1.82, 2.24) is 9.80 Å². The van der Waals surface area contributed by atoms with Gasteiger partial charge >= 0.3 is 0 Å². The zero-order valence-corrected chi connectivity index (χ0v) is 11.2. The Morgan fingerprint density at radius 1 is 1.06 bits per heavy atom. The average molecular weight is 248 g/mol. The van der Waals surface area contributed by atoms with E-state index in [9.17, 15) is 4.79 Å². The summed E-state index contributed by atoms with van der Waals surface area (Å²) in [7, 11) is 0. The van der Waals surface area contributed by atoms with Crippen LogP contribution in [0.1, 0.15) is 32.1 Å². The van der Waals surface area contributed by atoms with Crippen molar-refractivity contribution >= 4 is 5.78 Å². The predicted molar refractivity (Wildman–Crippen MR) is 70.4 cm³/mol. The molecule has 3 nitrogen and oxygen atoms in total. The van der Waals surface area contributed by atoms with Gasteiger partial charge in [0.25, 0.3) is 0 Å². The number of ketones is 1. The number of Topliss-reactive ketones (excluding diaryl/α,β-unsaturated/α-hetero) is 1. The smallest absolute Gasteiger partial charge is 0.151 e. The van der Waals surface area contributed by atoms with E-state index in [4.69, 9.17) is 0 Å². The monoisotopic (exact) mass is 248 g/mol. The molecule has 3 heteroatoms. The number of fused-ring (bicyclic) bond motifs is 5. The van der Waals surface area contributed by atoms with Gasteiger partial charge in [0.1, 0.15) is 0 Å². The van der Waals surface area contributed by atoms with Crippen LogP contribution in [-0.2, 0) is 4.79 Å². The number of rotatable bonds is 3. The maximum absolute atomic E-state index is 12.6. The average Bonchev–Trinajstić information content (AvgIpc) is 3.02. The van der Waals surface area contributed by atoms with Crippen molar-refractivity contribution in [1.29, 1.82) is 0 Å². The first-order chi connectivity index (χ1) is 8.79. The Balaban J connectivity index is 1.39. The van der Waals surface area contributed by atoms with Crippen molar-refractivity contribution in [2.24, 2.45) is 17.8 Å². The Kier molecular flexibility index (Phi) is 2.73. The van der Waals surface area contributed by atoms with Gasteiger partial charge in [-0.1, -0.05) is 6.42 Å². The molecule has 18 heavy (non-hydrogen) atoms. The lowest BCUT2D eigenvalue weighted by atomic mass is 9.83. The van der Waals surface area contributed by atoms with E-state index in [1.165, 1.54) is 38.8 Å². The fourth-order valence-electron chi connectivity index (χ4n) is 4.94. The molecule has 2 aliphatic carbocycles. The van der Waals surface area contributed by atoms with Gasteiger partial charge in [-0.3, -0.25) is 14.6 Å². The molecule has 3 saturated heterocycles. The molecule has 3 heterocycles. The van der Waals surface area contributed by atoms with Gasteiger partial charge in [0.2, 0.25) is 0 Å². The minimum atomic E-state index is 0.242. The van der Waals surface area contributed by atoms with Gasteiger partial charge in [0.05, 0.1) is 6.04 Å². The SMILES string of the molecule is O=C(CC1CC2CCC1C2)C1CN2CCN1CC2. The van der Waals surface area contributed by atoms with Crippen molar-refractivity contribution in [3.05, 3.63) is 0 Å². The highest BCUT2D eigenvalue weighted by Crippen LogP contribution is 2.49. The van der Waals surface area contributed by atoms with Crippen molar-refractivity contribution in [2.75, 3.05) is 32.7 Å². The van der Waals surface area contributed by atoms with Gasteiger partial charge in [-0.2, -0.15) is 0 Å². The highest BCUT2D eigenvalue weighted by Gasteiger charge is 2.42. The molecule has 0 spiro atoms. The topological polar surface area (TPSA) is 23.6 Å². The molecule has 4 bridgehead atoms. The van der Waals surface area contributed by atoms with Crippen LogP contribution in [0.4, 0.5) is 0 Å². The van der Waals surface area contributed by atoms with E-state index >= 15 is 0 Å². The van der Waals surface area contributed by atoms with Crippen LogP contribution in [0.5, 0.6) is 0 Å². The van der Waals surface area contributed by atoms with Crippen LogP contribution in [0.3, 0.4) is 0 Å². The van der Waals surface area contributed by atoms with E-state index in [1.54, 1.807) is 0 Å². The van der Waals surface area contributed by atoms with Crippen LogP contribution in [0.15, 0.2) is 0 Å². The van der Waals surface area contributed by atoms with Gasteiger partial charge in [0, 0.05) is 39.1 Å². The Hall–Kier alpha value is -0.410. The van der Waals surface area contributed by atoms with E-state index in [2.05, 4.69) is 9.80 Å². The van der Waals surface area contributed by atoms with E-state index in [1.807, 2.05) is 0 Å². The van der Waals surface area contributed by atoms with Gasteiger partial charge in [-0.25, -0.2) is 0 Å². The number of nitrogens with zero attached hydrogens (tertiary/aromatic N) is 2. The zero-order chi connectivity index (χ0) is 12.1.